The Morgan fingerprint density at radius 2 is 2.26 bits per heavy atom. The van der Waals surface area contributed by atoms with E-state index in [2.05, 4.69) is 14.1 Å². The number of halogens is 1. The van der Waals surface area contributed by atoms with Gasteiger partial charge in [-0.1, -0.05) is 23.7 Å². The summed E-state index contributed by atoms with van der Waals surface area (Å²) in [6.07, 6.45) is 1.03. The number of carbonyl (C=O) groups is 1. The van der Waals surface area contributed by atoms with Gasteiger partial charge in [0.1, 0.15) is 5.37 Å². The molecule has 2 rings (SSSR count). The number of rotatable bonds is 5. The second-order valence-corrected chi connectivity index (χ2v) is 6.62. The monoisotopic (exact) mass is 299 g/mol. The summed E-state index contributed by atoms with van der Waals surface area (Å²) < 4.78 is 0. The van der Waals surface area contributed by atoms with Gasteiger partial charge in [-0.05, 0) is 17.7 Å². The van der Waals surface area contributed by atoms with Gasteiger partial charge in [0, 0.05) is 18.0 Å². The van der Waals surface area contributed by atoms with Crippen molar-refractivity contribution in [1.82, 2.24) is 4.90 Å². The molecule has 0 aliphatic carbocycles. The molecule has 1 aliphatic rings. The van der Waals surface area contributed by atoms with E-state index < -0.39 is 0 Å². The van der Waals surface area contributed by atoms with Crippen molar-refractivity contribution >= 4 is 29.3 Å². The van der Waals surface area contributed by atoms with Gasteiger partial charge in [0.15, 0.2) is 0 Å². The summed E-state index contributed by atoms with van der Waals surface area (Å²) in [6.45, 7) is 1.91. The molecule has 0 bridgehead atoms. The van der Waals surface area contributed by atoms with E-state index in [1.54, 1.807) is 11.8 Å². The highest BCUT2D eigenvalue weighted by Gasteiger charge is 2.32. The van der Waals surface area contributed by atoms with Gasteiger partial charge in [-0.2, -0.15) is 0 Å². The predicted molar refractivity (Wildman–Crippen MR) is 80.7 cm³/mol. The molecule has 1 fully saturated rings. The Morgan fingerprint density at radius 1 is 1.47 bits per heavy atom. The molecule has 19 heavy (non-hydrogen) atoms. The molecular weight excluding hydrogens is 280 g/mol. The quantitative estimate of drug-likeness (QED) is 0.890. The van der Waals surface area contributed by atoms with Gasteiger partial charge in [-0.15, -0.1) is 11.8 Å². The van der Waals surface area contributed by atoms with E-state index in [-0.39, 0.29) is 11.3 Å². The molecule has 1 aliphatic heterocycles. The molecule has 1 N–H and O–H groups in total. The molecule has 1 aromatic rings. The van der Waals surface area contributed by atoms with Crippen LogP contribution in [-0.2, 0) is 4.79 Å². The van der Waals surface area contributed by atoms with E-state index in [1.165, 1.54) is 4.90 Å². The van der Waals surface area contributed by atoms with Crippen LogP contribution in [0.2, 0.25) is 5.02 Å². The first-order valence-corrected chi connectivity index (χ1v) is 7.96. The number of quaternary nitrogens is 1. The number of carbonyl (C=O) groups excluding carboxylic acids is 1. The molecule has 1 saturated heterocycles. The molecule has 0 spiro atoms. The van der Waals surface area contributed by atoms with E-state index in [0.717, 1.165) is 30.1 Å². The summed E-state index contributed by atoms with van der Waals surface area (Å²) in [5.41, 5.74) is 1.13. The third-order valence-corrected chi connectivity index (χ3v) is 4.67. The van der Waals surface area contributed by atoms with Crippen molar-refractivity contribution in [2.24, 2.45) is 0 Å². The fourth-order valence-corrected chi connectivity index (χ4v) is 3.64. The largest absolute Gasteiger partial charge is 0.340 e. The zero-order valence-corrected chi connectivity index (χ0v) is 12.9. The SMILES string of the molecule is C[NH+](C)CCCN1C(=O)CSC1c1cccc(Cl)c1. The van der Waals surface area contributed by atoms with E-state index in [4.69, 9.17) is 11.6 Å². The van der Waals surface area contributed by atoms with Gasteiger partial charge in [-0.3, -0.25) is 4.79 Å². The number of hydrogen-bond donors (Lipinski definition) is 1. The second-order valence-electron chi connectivity index (χ2n) is 5.12. The lowest BCUT2D eigenvalue weighted by molar-refractivity contribution is -0.858. The molecule has 5 heteroatoms. The van der Waals surface area contributed by atoms with Gasteiger partial charge >= 0.3 is 0 Å². The van der Waals surface area contributed by atoms with E-state index >= 15 is 0 Å². The second kappa shape index (κ2) is 6.64. The molecule has 104 valence electrons. The van der Waals surface area contributed by atoms with Crippen molar-refractivity contribution in [3.05, 3.63) is 34.9 Å². The first-order valence-electron chi connectivity index (χ1n) is 6.53. The zero-order chi connectivity index (χ0) is 13.8. The van der Waals surface area contributed by atoms with Crippen LogP contribution in [0.15, 0.2) is 24.3 Å². The van der Waals surface area contributed by atoms with Crippen molar-refractivity contribution in [1.29, 1.82) is 0 Å². The topological polar surface area (TPSA) is 24.8 Å². The Bertz CT molecular complexity index is 453. The molecule has 1 aromatic carbocycles. The van der Waals surface area contributed by atoms with Crippen LogP contribution in [0.4, 0.5) is 0 Å². The van der Waals surface area contributed by atoms with E-state index in [9.17, 15) is 4.79 Å². The molecule has 3 nitrogen and oxygen atoms in total. The Hall–Kier alpha value is -0.710. The number of amides is 1. The summed E-state index contributed by atoms with van der Waals surface area (Å²) >= 11 is 7.73. The van der Waals surface area contributed by atoms with Crippen molar-refractivity contribution < 1.29 is 9.69 Å². The Balaban J connectivity index is 2.04. The van der Waals surface area contributed by atoms with Crippen LogP contribution in [0.5, 0.6) is 0 Å². The number of hydrogen-bond acceptors (Lipinski definition) is 2. The maximum absolute atomic E-state index is 12.0. The van der Waals surface area contributed by atoms with Gasteiger partial charge in [0.05, 0.1) is 26.4 Å². The van der Waals surface area contributed by atoms with Gasteiger partial charge in [0.25, 0.3) is 0 Å². The Morgan fingerprint density at radius 3 is 2.95 bits per heavy atom. The first-order chi connectivity index (χ1) is 9.08. The molecule has 0 radical (unpaired) electrons. The van der Waals surface area contributed by atoms with Crippen LogP contribution in [0.3, 0.4) is 0 Å². The van der Waals surface area contributed by atoms with Crippen molar-refractivity contribution in [2.75, 3.05) is 32.9 Å². The van der Waals surface area contributed by atoms with Crippen molar-refractivity contribution in [3.63, 3.8) is 0 Å². The fraction of sp³-hybridized carbons (Fsp3) is 0.500. The molecular formula is C14H20ClN2OS+. The lowest BCUT2D eigenvalue weighted by Gasteiger charge is -2.24. The summed E-state index contributed by atoms with van der Waals surface area (Å²) in [5.74, 6) is 0.815. The van der Waals surface area contributed by atoms with Crippen molar-refractivity contribution in [2.45, 2.75) is 11.8 Å². The minimum Gasteiger partial charge on any atom is -0.340 e. The zero-order valence-electron chi connectivity index (χ0n) is 11.4. The minimum absolute atomic E-state index is 0.128. The number of nitrogens with zero attached hydrogens (tertiary/aromatic N) is 1. The van der Waals surface area contributed by atoms with Gasteiger partial charge < -0.3 is 9.80 Å². The number of thioether (sulfide) groups is 1. The highest BCUT2D eigenvalue weighted by atomic mass is 35.5. The lowest BCUT2D eigenvalue weighted by atomic mass is 10.2. The predicted octanol–water partition coefficient (Wildman–Crippen LogP) is 1.45. The minimum atomic E-state index is 0.128. The molecule has 0 saturated carbocycles. The molecule has 1 unspecified atom stereocenters. The van der Waals surface area contributed by atoms with Gasteiger partial charge in [0.2, 0.25) is 5.91 Å². The maximum Gasteiger partial charge on any atom is 0.233 e. The molecule has 1 amide bonds. The highest BCUT2D eigenvalue weighted by molar-refractivity contribution is 8.00. The standard InChI is InChI=1S/C14H19ClN2OS/c1-16(2)7-4-8-17-13(18)10-19-14(17)11-5-3-6-12(15)9-11/h3,5-6,9,14H,4,7-8,10H2,1-2H3/p+1. The van der Waals surface area contributed by atoms with E-state index in [0.29, 0.717) is 5.75 Å². The smallest absolute Gasteiger partial charge is 0.233 e. The summed E-state index contributed by atoms with van der Waals surface area (Å²) in [6, 6.07) is 7.82. The van der Waals surface area contributed by atoms with Gasteiger partial charge in [-0.25, -0.2) is 0 Å². The molecule has 1 heterocycles. The van der Waals surface area contributed by atoms with Crippen LogP contribution in [0, 0.1) is 0 Å². The van der Waals surface area contributed by atoms with E-state index in [1.807, 2.05) is 29.2 Å². The van der Waals surface area contributed by atoms with Crippen LogP contribution in [0.25, 0.3) is 0 Å². The Labute approximate surface area is 123 Å². The van der Waals surface area contributed by atoms with Crippen molar-refractivity contribution in [3.8, 4) is 0 Å². The highest BCUT2D eigenvalue weighted by Crippen LogP contribution is 2.39. The molecule has 1 atom stereocenters. The average molecular weight is 300 g/mol. The summed E-state index contributed by atoms with van der Waals surface area (Å²) in [7, 11) is 4.27. The third kappa shape index (κ3) is 3.88. The normalized spacial score (nSPS) is 19.5. The van der Waals surface area contributed by atoms with Crippen LogP contribution >= 0.6 is 23.4 Å². The van der Waals surface area contributed by atoms with Crippen LogP contribution < -0.4 is 4.90 Å². The lowest BCUT2D eigenvalue weighted by Crippen LogP contribution is -3.05. The summed E-state index contributed by atoms with van der Waals surface area (Å²) in [5, 5.41) is 0.860. The average Bonchev–Trinajstić information content (AvgIpc) is 2.71. The first kappa shape index (κ1) is 14.7. The molecule has 0 aromatic heterocycles. The number of nitrogens with one attached hydrogen (secondary N) is 1. The Kier molecular flexibility index (Phi) is 5.13. The van der Waals surface area contributed by atoms with Crippen LogP contribution in [0.1, 0.15) is 17.4 Å². The summed E-state index contributed by atoms with van der Waals surface area (Å²) in [4.78, 5) is 15.4. The third-order valence-electron chi connectivity index (χ3n) is 3.18. The fourth-order valence-electron chi connectivity index (χ4n) is 2.24. The van der Waals surface area contributed by atoms with Crippen LogP contribution in [-0.4, -0.2) is 43.7 Å². The maximum atomic E-state index is 12.0. The number of benzene rings is 1.